The highest BCUT2D eigenvalue weighted by atomic mass is 32.2. The van der Waals surface area contributed by atoms with Crippen LogP contribution < -0.4 is 4.90 Å². The first-order valence-corrected chi connectivity index (χ1v) is 12.6. The van der Waals surface area contributed by atoms with Crippen molar-refractivity contribution in [1.29, 1.82) is 5.26 Å². The standard InChI is InChI=1S/C22H31N5O3S/c1-15-11-27(12-18(15)13-28)31(29,30)14-16-3-5-19(6-4-16)26(2)21-17(9-23)10-25-22-20(21)7-8-24-22/h7-8,10,15-16,18-19,28H,3-6,11-14H2,1-2H3,(H,24,25)/t15-,16?,18+,19?/m1/s1. The number of aromatic nitrogens is 2. The molecular formula is C22H31N5O3S. The smallest absolute Gasteiger partial charge is 0.214 e. The van der Waals surface area contributed by atoms with E-state index < -0.39 is 10.0 Å². The molecule has 2 atom stereocenters. The highest BCUT2D eigenvalue weighted by Gasteiger charge is 2.38. The van der Waals surface area contributed by atoms with E-state index in [1.54, 1.807) is 10.5 Å². The molecule has 0 amide bonds. The van der Waals surface area contributed by atoms with Crippen LogP contribution in [0.4, 0.5) is 5.69 Å². The zero-order valence-corrected chi connectivity index (χ0v) is 19.0. The molecule has 3 heterocycles. The Morgan fingerprint density at radius 3 is 2.71 bits per heavy atom. The van der Waals surface area contributed by atoms with Gasteiger partial charge in [0.25, 0.3) is 0 Å². The zero-order chi connectivity index (χ0) is 22.2. The van der Waals surface area contributed by atoms with E-state index in [0.29, 0.717) is 18.7 Å². The lowest BCUT2D eigenvalue weighted by Crippen LogP contribution is -2.39. The van der Waals surface area contributed by atoms with Crippen molar-refractivity contribution in [2.24, 2.45) is 17.8 Å². The number of pyridine rings is 1. The van der Waals surface area contributed by atoms with Crippen molar-refractivity contribution in [1.82, 2.24) is 14.3 Å². The number of sulfonamides is 1. The predicted octanol–water partition coefficient (Wildman–Crippen LogP) is 2.32. The summed E-state index contributed by atoms with van der Waals surface area (Å²) in [6.45, 7) is 2.99. The van der Waals surface area contributed by atoms with Gasteiger partial charge in [-0.05, 0) is 49.5 Å². The fourth-order valence-electron chi connectivity index (χ4n) is 5.19. The van der Waals surface area contributed by atoms with Gasteiger partial charge in [-0.2, -0.15) is 5.26 Å². The highest BCUT2D eigenvalue weighted by Crippen LogP contribution is 2.36. The minimum Gasteiger partial charge on any atom is -0.396 e. The Kier molecular flexibility index (Phi) is 6.24. The number of anilines is 1. The van der Waals surface area contributed by atoms with E-state index in [9.17, 15) is 18.8 Å². The number of hydrogen-bond acceptors (Lipinski definition) is 6. The van der Waals surface area contributed by atoms with Crippen LogP contribution in [0.2, 0.25) is 0 Å². The number of rotatable bonds is 6. The minimum absolute atomic E-state index is 0.0404. The molecule has 0 radical (unpaired) electrons. The van der Waals surface area contributed by atoms with E-state index in [2.05, 4.69) is 20.9 Å². The summed E-state index contributed by atoms with van der Waals surface area (Å²) < 4.78 is 27.4. The first-order valence-electron chi connectivity index (χ1n) is 11.0. The second-order valence-corrected chi connectivity index (χ2v) is 11.2. The fraction of sp³-hybridized carbons (Fsp3) is 0.636. The van der Waals surface area contributed by atoms with Crippen molar-refractivity contribution in [3.8, 4) is 6.07 Å². The summed E-state index contributed by atoms with van der Waals surface area (Å²) in [5.74, 6) is 0.580. The lowest BCUT2D eigenvalue weighted by atomic mass is 9.86. The van der Waals surface area contributed by atoms with Gasteiger partial charge in [0.15, 0.2) is 0 Å². The van der Waals surface area contributed by atoms with Crippen LogP contribution in [0.15, 0.2) is 18.5 Å². The number of hydrogen-bond donors (Lipinski definition) is 2. The van der Waals surface area contributed by atoms with E-state index in [1.807, 2.05) is 26.2 Å². The molecule has 2 aromatic heterocycles. The largest absolute Gasteiger partial charge is 0.396 e. The molecule has 1 aliphatic carbocycles. The van der Waals surface area contributed by atoms with Gasteiger partial charge in [0.05, 0.1) is 17.0 Å². The maximum atomic E-state index is 12.9. The first-order chi connectivity index (χ1) is 14.8. The van der Waals surface area contributed by atoms with E-state index in [4.69, 9.17) is 0 Å². The predicted molar refractivity (Wildman–Crippen MR) is 120 cm³/mol. The van der Waals surface area contributed by atoms with Crippen LogP contribution in [0.1, 0.15) is 38.2 Å². The Balaban J connectivity index is 1.40. The summed E-state index contributed by atoms with van der Waals surface area (Å²) in [6.07, 6.45) is 6.93. The average molecular weight is 446 g/mol. The number of nitriles is 1. The third-order valence-electron chi connectivity index (χ3n) is 7.20. The van der Waals surface area contributed by atoms with E-state index in [-0.39, 0.29) is 36.2 Å². The molecule has 1 saturated carbocycles. The number of aliphatic hydroxyl groups excluding tert-OH is 1. The molecular weight excluding hydrogens is 414 g/mol. The molecule has 0 bridgehead atoms. The van der Waals surface area contributed by atoms with Crippen LogP contribution in [0.25, 0.3) is 11.0 Å². The molecule has 0 unspecified atom stereocenters. The van der Waals surface area contributed by atoms with Crippen LogP contribution in [0.5, 0.6) is 0 Å². The van der Waals surface area contributed by atoms with Crippen molar-refractivity contribution in [3.05, 3.63) is 24.0 Å². The van der Waals surface area contributed by atoms with Gasteiger partial charge in [-0.15, -0.1) is 0 Å². The van der Waals surface area contributed by atoms with Crippen molar-refractivity contribution < 1.29 is 13.5 Å². The van der Waals surface area contributed by atoms with Gasteiger partial charge in [-0.3, -0.25) is 0 Å². The minimum atomic E-state index is -3.30. The van der Waals surface area contributed by atoms with Crippen LogP contribution in [-0.2, 0) is 10.0 Å². The second-order valence-electron chi connectivity index (χ2n) is 9.17. The quantitative estimate of drug-likeness (QED) is 0.705. The normalized spacial score (nSPS) is 27.4. The topological polar surface area (TPSA) is 113 Å². The van der Waals surface area contributed by atoms with Crippen molar-refractivity contribution in [3.63, 3.8) is 0 Å². The van der Waals surface area contributed by atoms with Crippen LogP contribution in [0.3, 0.4) is 0 Å². The number of fused-ring (bicyclic) bond motifs is 1. The maximum Gasteiger partial charge on any atom is 0.214 e. The summed E-state index contributed by atoms with van der Waals surface area (Å²) in [7, 11) is -1.29. The Bertz CT molecular complexity index is 1070. The number of nitrogens with one attached hydrogen (secondary N) is 1. The molecule has 2 N–H and O–H groups in total. The van der Waals surface area contributed by atoms with Crippen LogP contribution in [0, 0.1) is 29.1 Å². The highest BCUT2D eigenvalue weighted by molar-refractivity contribution is 7.89. The zero-order valence-electron chi connectivity index (χ0n) is 18.2. The molecule has 8 nitrogen and oxygen atoms in total. The van der Waals surface area contributed by atoms with Crippen molar-refractivity contribution >= 4 is 26.7 Å². The lowest BCUT2D eigenvalue weighted by Gasteiger charge is -2.36. The number of H-pyrrole nitrogens is 1. The van der Waals surface area contributed by atoms with Gasteiger partial charge < -0.3 is 15.0 Å². The van der Waals surface area contributed by atoms with Crippen LogP contribution >= 0.6 is 0 Å². The SMILES string of the molecule is C[C@@H]1CN(S(=O)(=O)CC2CCC(N(C)c3c(C#N)cnc4[nH]ccc34)CC2)C[C@H]1CO. The van der Waals surface area contributed by atoms with Gasteiger partial charge in [0.2, 0.25) is 10.0 Å². The van der Waals surface area contributed by atoms with Crippen LogP contribution in [-0.4, -0.2) is 66.3 Å². The third-order valence-corrected chi connectivity index (χ3v) is 9.18. The Hall–Kier alpha value is -2.15. The van der Waals surface area contributed by atoms with Gasteiger partial charge in [-0.1, -0.05) is 6.92 Å². The molecule has 2 aliphatic rings. The summed E-state index contributed by atoms with van der Waals surface area (Å²) in [5.41, 5.74) is 2.22. The van der Waals surface area contributed by atoms with Gasteiger partial charge >= 0.3 is 0 Å². The number of aromatic amines is 1. The van der Waals surface area contributed by atoms with E-state index in [0.717, 1.165) is 42.4 Å². The first kappa shape index (κ1) is 22.1. The number of nitrogens with zero attached hydrogens (tertiary/aromatic N) is 4. The second kappa shape index (κ2) is 8.77. The summed E-state index contributed by atoms with van der Waals surface area (Å²) >= 11 is 0. The molecule has 31 heavy (non-hydrogen) atoms. The van der Waals surface area contributed by atoms with Crippen molar-refractivity contribution in [2.75, 3.05) is 37.4 Å². The Morgan fingerprint density at radius 2 is 2.06 bits per heavy atom. The summed E-state index contributed by atoms with van der Waals surface area (Å²) in [5, 5.41) is 20.0. The molecule has 1 saturated heterocycles. The molecule has 0 spiro atoms. The molecule has 2 aromatic rings. The molecule has 4 rings (SSSR count). The third kappa shape index (κ3) is 4.29. The fourth-order valence-corrected chi connectivity index (χ4v) is 7.21. The van der Waals surface area contributed by atoms with Gasteiger partial charge in [0.1, 0.15) is 11.7 Å². The lowest BCUT2D eigenvalue weighted by molar-refractivity contribution is 0.210. The van der Waals surface area contributed by atoms with E-state index >= 15 is 0 Å². The molecule has 2 fully saturated rings. The molecule has 168 valence electrons. The average Bonchev–Trinajstić information content (AvgIpc) is 3.39. The van der Waals surface area contributed by atoms with Crippen molar-refractivity contribution in [2.45, 2.75) is 38.6 Å². The maximum absolute atomic E-state index is 12.9. The molecule has 1 aliphatic heterocycles. The van der Waals surface area contributed by atoms with Gasteiger partial charge in [0, 0.05) is 50.6 Å². The van der Waals surface area contributed by atoms with Gasteiger partial charge in [-0.25, -0.2) is 17.7 Å². The number of aliphatic hydroxyl groups is 1. The molecule has 9 heteroatoms. The Morgan fingerprint density at radius 1 is 1.32 bits per heavy atom. The Labute approximate surface area is 183 Å². The molecule has 0 aromatic carbocycles. The summed E-state index contributed by atoms with van der Waals surface area (Å²) in [4.78, 5) is 9.60. The monoisotopic (exact) mass is 445 g/mol. The summed E-state index contributed by atoms with van der Waals surface area (Å²) in [6, 6.07) is 4.47. The van der Waals surface area contributed by atoms with E-state index in [1.165, 1.54) is 0 Å².